The van der Waals surface area contributed by atoms with Crippen molar-refractivity contribution in [1.82, 2.24) is 20.2 Å². The van der Waals surface area contributed by atoms with Crippen LogP contribution in [0.4, 0.5) is 10.1 Å². The van der Waals surface area contributed by atoms with Crippen LogP contribution in [0.25, 0.3) is 33.1 Å². The van der Waals surface area contributed by atoms with Crippen molar-refractivity contribution in [3.63, 3.8) is 0 Å². The van der Waals surface area contributed by atoms with Crippen LogP contribution < -0.4 is 16.0 Å². The first kappa shape index (κ1) is 15.1. The van der Waals surface area contributed by atoms with Gasteiger partial charge in [-0.25, -0.2) is 4.39 Å². The lowest BCUT2D eigenvalue weighted by Crippen LogP contribution is -2.14. The number of aromatic nitrogens is 4. The number of aromatic amines is 2. The highest BCUT2D eigenvalue weighted by atomic mass is 19.1. The topological polar surface area (TPSA) is 110 Å². The number of nitrogens with one attached hydrogen (secondary N) is 2. The molecule has 0 spiro atoms. The van der Waals surface area contributed by atoms with E-state index in [9.17, 15) is 9.18 Å². The predicted molar refractivity (Wildman–Crippen MR) is 93.1 cm³/mol. The van der Waals surface area contributed by atoms with Crippen LogP contribution in [0.1, 0.15) is 5.56 Å². The zero-order valence-corrected chi connectivity index (χ0v) is 13.5. The molecule has 0 fully saturated rings. The fourth-order valence-electron chi connectivity index (χ4n) is 3.07. The second-order valence-corrected chi connectivity index (χ2v) is 5.69. The van der Waals surface area contributed by atoms with Crippen LogP contribution in [-0.2, 0) is 0 Å². The van der Waals surface area contributed by atoms with Crippen LogP contribution in [0.2, 0.25) is 0 Å². The van der Waals surface area contributed by atoms with Gasteiger partial charge in [0.15, 0.2) is 0 Å². The minimum absolute atomic E-state index is 0.0000132. The summed E-state index contributed by atoms with van der Waals surface area (Å²) in [5, 5.41) is 7.02. The standard InChI is InChI=1S/C17H14FN5O2/c1-7-5-20-14-11(12(19)17(24)22-15(14)16(7)25-2)8-3-4-10(18)13-9(8)6-21-23-13/h3-6H,19H2,1-2H3,(H,21,23)(H,22,24). The maximum Gasteiger partial charge on any atom is 0.272 e. The van der Waals surface area contributed by atoms with Crippen LogP contribution in [-0.4, -0.2) is 27.3 Å². The summed E-state index contributed by atoms with van der Waals surface area (Å²) in [6.07, 6.45) is 3.13. The number of methoxy groups -OCH3 is 1. The highest BCUT2D eigenvalue weighted by Gasteiger charge is 2.20. The van der Waals surface area contributed by atoms with Crippen molar-refractivity contribution in [3.05, 3.63) is 46.3 Å². The summed E-state index contributed by atoms with van der Waals surface area (Å²) in [6.45, 7) is 1.83. The molecule has 1 aromatic carbocycles. The number of rotatable bonds is 2. The molecule has 0 radical (unpaired) electrons. The molecule has 4 aromatic rings. The van der Waals surface area contributed by atoms with Gasteiger partial charge in [-0.15, -0.1) is 0 Å². The van der Waals surface area contributed by atoms with E-state index in [1.807, 2.05) is 6.92 Å². The summed E-state index contributed by atoms with van der Waals surface area (Å²) in [7, 11) is 1.52. The Balaban J connectivity index is 2.21. The van der Waals surface area contributed by atoms with Crippen LogP contribution in [0.15, 0.2) is 29.3 Å². The Kier molecular flexibility index (Phi) is 3.21. The minimum Gasteiger partial charge on any atom is -0.494 e. The zero-order chi connectivity index (χ0) is 17.7. The molecule has 0 amide bonds. The highest BCUT2D eigenvalue weighted by Crippen LogP contribution is 2.37. The molecule has 0 aliphatic carbocycles. The number of hydrogen-bond donors (Lipinski definition) is 3. The first-order valence-electron chi connectivity index (χ1n) is 7.50. The van der Waals surface area contributed by atoms with E-state index in [2.05, 4.69) is 20.2 Å². The van der Waals surface area contributed by atoms with Crippen LogP contribution in [0.3, 0.4) is 0 Å². The molecule has 0 saturated heterocycles. The minimum atomic E-state index is -0.464. The SMILES string of the molecule is COc1c(C)cnc2c(-c3ccc(F)c4[nH]ncc34)c(N)c(=O)[nH]c12. The molecule has 0 saturated carbocycles. The lowest BCUT2D eigenvalue weighted by atomic mass is 9.98. The van der Waals surface area contributed by atoms with Gasteiger partial charge < -0.3 is 15.5 Å². The maximum absolute atomic E-state index is 14.0. The van der Waals surface area contributed by atoms with E-state index >= 15 is 0 Å². The molecule has 25 heavy (non-hydrogen) atoms. The van der Waals surface area contributed by atoms with Crippen LogP contribution >= 0.6 is 0 Å². The Morgan fingerprint density at radius 1 is 1.24 bits per heavy atom. The van der Waals surface area contributed by atoms with E-state index in [-0.39, 0.29) is 11.2 Å². The highest BCUT2D eigenvalue weighted by molar-refractivity contribution is 6.07. The van der Waals surface area contributed by atoms with Crippen molar-refractivity contribution in [2.75, 3.05) is 12.8 Å². The molecule has 3 aromatic heterocycles. The Morgan fingerprint density at radius 3 is 2.80 bits per heavy atom. The fourth-order valence-corrected chi connectivity index (χ4v) is 3.07. The number of nitrogen functional groups attached to an aromatic ring is 1. The number of pyridine rings is 2. The molecule has 0 aliphatic rings. The third-order valence-electron chi connectivity index (χ3n) is 4.24. The van der Waals surface area contributed by atoms with Crippen LogP contribution in [0, 0.1) is 12.7 Å². The number of aryl methyl sites for hydroxylation is 1. The van der Waals surface area contributed by atoms with Gasteiger partial charge in [0.1, 0.15) is 33.8 Å². The number of nitrogens with two attached hydrogens (primary N) is 1. The molecule has 126 valence electrons. The van der Waals surface area contributed by atoms with Gasteiger partial charge in [0.05, 0.1) is 13.3 Å². The van der Waals surface area contributed by atoms with Crippen molar-refractivity contribution in [2.45, 2.75) is 6.92 Å². The summed E-state index contributed by atoms with van der Waals surface area (Å²) in [6, 6.07) is 2.86. The Labute approximate surface area is 140 Å². The van der Waals surface area contributed by atoms with Crippen molar-refractivity contribution in [3.8, 4) is 16.9 Å². The van der Waals surface area contributed by atoms with Gasteiger partial charge in [-0.1, -0.05) is 6.07 Å². The average molecular weight is 339 g/mol. The summed E-state index contributed by atoms with van der Waals surface area (Å²) in [5.41, 5.74) is 8.50. The number of nitrogens with zero attached hydrogens (tertiary/aromatic N) is 2. The molecule has 0 atom stereocenters. The van der Waals surface area contributed by atoms with Crippen molar-refractivity contribution in [2.24, 2.45) is 0 Å². The second-order valence-electron chi connectivity index (χ2n) is 5.69. The molecule has 7 nitrogen and oxygen atoms in total. The fraction of sp³-hybridized carbons (Fsp3) is 0.118. The smallest absolute Gasteiger partial charge is 0.272 e. The second kappa shape index (κ2) is 5.30. The molecule has 0 unspecified atom stereocenters. The lowest BCUT2D eigenvalue weighted by molar-refractivity contribution is 0.415. The third kappa shape index (κ3) is 2.07. The summed E-state index contributed by atoms with van der Waals surface area (Å²) >= 11 is 0. The van der Waals surface area contributed by atoms with E-state index in [0.29, 0.717) is 33.3 Å². The van der Waals surface area contributed by atoms with Gasteiger partial charge >= 0.3 is 0 Å². The summed E-state index contributed by atoms with van der Waals surface area (Å²) < 4.78 is 19.4. The number of hydrogen-bond acceptors (Lipinski definition) is 5. The summed E-state index contributed by atoms with van der Waals surface area (Å²) in [4.78, 5) is 19.5. The number of fused-ring (bicyclic) bond motifs is 2. The molecular weight excluding hydrogens is 325 g/mol. The molecule has 4 rings (SSSR count). The zero-order valence-electron chi connectivity index (χ0n) is 13.5. The Hall–Kier alpha value is -3.42. The quantitative estimate of drug-likeness (QED) is 0.520. The van der Waals surface area contributed by atoms with Gasteiger partial charge in [0.25, 0.3) is 5.56 Å². The normalized spacial score (nSPS) is 11.3. The van der Waals surface area contributed by atoms with Crippen molar-refractivity contribution >= 4 is 27.6 Å². The van der Waals surface area contributed by atoms with Gasteiger partial charge in [-0.2, -0.15) is 5.10 Å². The van der Waals surface area contributed by atoms with E-state index in [1.165, 1.54) is 19.4 Å². The van der Waals surface area contributed by atoms with Gasteiger partial charge in [0.2, 0.25) is 0 Å². The molecular formula is C17H14FN5O2. The van der Waals surface area contributed by atoms with Crippen molar-refractivity contribution in [1.29, 1.82) is 0 Å². The van der Waals surface area contributed by atoms with E-state index < -0.39 is 11.4 Å². The maximum atomic E-state index is 14.0. The molecule has 4 N–H and O–H groups in total. The van der Waals surface area contributed by atoms with Gasteiger partial charge in [0, 0.05) is 22.7 Å². The predicted octanol–water partition coefficient (Wildman–Crippen LogP) is 2.50. The Bertz CT molecular complexity index is 1200. The average Bonchev–Trinajstić information content (AvgIpc) is 3.08. The molecule has 8 heteroatoms. The van der Waals surface area contributed by atoms with Gasteiger partial charge in [-0.05, 0) is 18.6 Å². The number of benzene rings is 1. The van der Waals surface area contributed by atoms with E-state index in [4.69, 9.17) is 10.5 Å². The molecule has 3 heterocycles. The van der Waals surface area contributed by atoms with Crippen molar-refractivity contribution < 1.29 is 9.13 Å². The summed E-state index contributed by atoms with van der Waals surface area (Å²) in [5.74, 6) is 0.0688. The number of ether oxygens (including phenoxy) is 1. The first-order valence-corrected chi connectivity index (χ1v) is 7.50. The number of H-pyrrole nitrogens is 2. The molecule has 0 aliphatic heterocycles. The number of anilines is 1. The lowest BCUT2D eigenvalue weighted by Gasteiger charge is -2.13. The number of halogens is 1. The third-order valence-corrected chi connectivity index (χ3v) is 4.24. The van der Waals surface area contributed by atoms with E-state index in [0.717, 1.165) is 5.56 Å². The molecule has 0 bridgehead atoms. The van der Waals surface area contributed by atoms with E-state index in [1.54, 1.807) is 12.3 Å². The van der Waals surface area contributed by atoms with Crippen LogP contribution in [0.5, 0.6) is 5.75 Å². The Morgan fingerprint density at radius 2 is 2.04 bits per heavy atom. The first-order chi connectivity index (χ1) is 12.0. The van der Waals surface area contributed by atoms with Gasteiger partial charge in [-0.3, -0.25) is 14.9 Å². The monoisotopic (exact) mass is 339 g/mol. The largest absolute Gasteiger partial charge is 0.494 e.